The standard InChI is InChI=1S/C20H20F3N3O3S2/c1-10(2)7-12-8-11(5-6-24-12)20-25-13(9-30-20)14-15(21)17(23)18(26-31(4,27)28)19(29-3)16(14)22/h5-6,8-10,26H,7H2,1-4H3. The van der Waals surface area contributed by atoms with Crippen molar-refractivity contribution in [2.24, 2.45) is 5.92 Å². The third kappa shape index (κ3) is 4.99. The topological polar surface area (TPSA) is 81.2 Å². The number of hydrogen-bond donors (Lipinski definition) is 1. The van der Waals surface area contributed by atoms with Gasteiger partial charge in [-0.05, 0) is 24.5 Å². The van der Waals surface area contributed by atoms with Gasteiger partial charge in [0.25, 0.3) is 0 Å². The summed E-state index contributed by atoms with van der Waals surface area (Å²) in [6.07, 6.45) is 3.11. The molecule has 2 heterocycles. The van der Waals surface area contributed by atoms with Gasteiger partial charge in [0.1, 0.15) is 10.7 Å². The first-order valence-corrected chi connectivity index (χ1v) is 11.9. The van der Waals surface area contributed by atoms with E-state index in [-0.39, 0.29) is 5.69 Å². The number of aromatic nitrogens is 2. The highest BCUT2D eigenvalue weighted by Crippen LogP contribution is 2.41. The van der Waals surface area contributed by atoms with Crippen LogP contribution in [0, 0.1) is 23.4 Å². The number of halogens is 3. The van der Waals surface area contributed by atoms with Gasteiger partial charge in [-0.15, -0.1) is 11.3 Å². The number of ether oxygens (including phenoxy) is 1. The molecule has 6 nitrogen and oxygen atoms in total. The monoisotopic (exact) mass is 471 g/mol. The molecule has 0 spiro atoms. The Balaban J connectivity index is 2.09. The van der Waals surface area contributed by atoms with Crippen molar-refractivity contribution in [1.82, 2.24) is 9.97 Å². The molecule has 0 aliphatic rings. The second-order valence-corrected chi connectivity index (χ2v) is 9.88. The number of rotatable bonds is 7. The fourth-order valence-electron chi connectivity index (χ4n) is 2.99. The van der Waals surface area contributed by atoms with E-state index in [1.807, 2.05) is 6.07 Å². The second kappa shape index (κ2) is 8.83. The molecule has 1 aromatic carbocycles. The molecule has 0 bridgehead atoms. The third-order valence-corrected chi connectivity index (χ3v) is 5.68. The molecule has 0 unspecified atom stereocenters. The maximum atomic E-state index is 15.0. The second-order valence-electron chi connectivity index (χ2n) is 7.27. The van der Waals surface area contributed by atoms with Crippen LogP contribution in [0.15, 0.2) is 23.7 Å². The average Bonchev–Trinajstić information content (AvgIpc) is 3.15. The van der Waals surface area contributed by atoms with Gasteiger partial charge in [-0.3, -0.25) is 9.71 Å². The highest BCUT2D eigenvalue weighted by Gasteiger charge is 2.29. The third-order valence-electron chi connectivity index (χ3n) is 4.21. The molecule has 2 aromatic heterocycles. The summed E-state index contributed by atoms with van der Waals surface area (Å²) >= 11 is 1.13. The zero-order valence-electron chi connectivity index (χ0n) is 17.2. The molecular formula is C20H20F3N3O3S2. The molecule has 0 aliphatic heterocycles. The Labute approximate surface area is 182 Å². The van der Waals surface area contributed by atoms with E-state index in [0.29, 0.717) is 16.5 Å². The molecule has 0 saturated heterocycles. The van der Waals surface area contributed by atoms with Crippen LogP contribution < -0.4 is 9.46 Å². The quantitative estimate of drug-likeness (QED) is 0.498. The van der Waals surface area contributed by atoms with Crippen molar-refractivity contribution >= 4 is 27.0 Å². The molecule has 3 aromatic rings. The van der Waals surface area contributed by atoms with Gasteiger partial charge in [0, 0.05) is 22.8 Å². The van der Waals surface area contributed by atoms with Gasteiger partial charge in [0.15, 0.2) is 23.2 Å². The molecule has 0 atom stereocenters. The van der Waals surface area contributed by atoms with Crippen molar-refractivity contribution in [3.05, 3.63) is 46.9 Å². The average molecular weight is 472 g/mol. The Morgan fingerprint density at radius 3 is 2.52 bits per heavy atom. The van der Waals surface area contributed by atoms with Crippen LogP contribution in [0.25, 0.3) is 21.8 Å². The van der Waals surface area contributed by atoms with Crippen LogP contribution in [0.5, 0.6) is 5.75 Å². The van der Waals surface area contributed by atoms with Gasteiger partial charge in [0.2, 0.25) is 10.0 Å². The van der Waals surface area contributed by atoms with Crippen LogP contribution in [-0.4, -0.2) is 31.8 Å². The lowest BCUT2D eigenvalue weighted by atomic mass is 10.1. The minimum Gasteiger partial charge on any atom is -0.491 e. The zero-order valence-corrected chi connectivity index (χ0v) is 18.8. The fourth-order valence-corrected chi connectivity index (χ4v) is 4.36. The molecular weight excluding hydrogens is 451 g/mol. The van der Waals surface area contributed by atoms with Crippen molar-refractivity contribution in [2.75, 3.05) is 18.1 Å². The van der Waals surface area contributed by atoms with Crippen molar-refractivity contribution in [3.63, 3.8) is 0 Å². The van der Waals surface area contributed by atoms with E-state index >= 15 is 4.39 Å². The summed E-state index contributed by atoms with van der Waals surface area (Å²) in [4.78, 5) is 8.57. The van der Waals surface area contributed by atoms with E-state index < -0.39 is 44.5 Å². The number of nitrogens with zero attached hydrogens (tertiary/aromatic N) is 2. The summed E-state index contributed by atoms with van der Waals surface area (Å²) < 4.78 is 73.9. The summed E-state index contributed by atoms with van der Waals surface area (Å²) in [5.74, 6) is -4.79. The van der Waals surface area contributed by atoms with Crippen LogP contribution in [0.3, 0.4) is 0 Å². The van der Waals surface area contributed by atoms with Gasteiger partial charge in [-0.2, -0.15) is 0 Å². The number of benzene rings is 1. The van der Waals surface area contributed by atoms with E-state index in [1.165, 1.54) is 5.38 Å². The number of hydrogen-bond acceptors (Lipinski definition) is 6. The number of pyridine rings is 1. The van der Waals surface area contributed by atoms with Crippen LogP contribution in [-0.2, 0) is 16.4 Å². The minimum atomic E-state index is -4.01. The largest absolute Gasteiger partial charge is 0.491 e. The van der Waals surface area contributed by atoms with Crippen molar-refractivity contribution in [3.8, 4) is 27.6 Å². The van der Waals surface area contributed by atoms with Crippen molar-refractivity contribution in [2.45, 2.75) is 20.3 Å². The van der Waals surface area contributed by atoms with Gasteiger partial charge < -0.3 is 4.74 Å². The van der Waals surface area contributed by atoms with E-state index in [1.54, 1.807) is 17.0 Å². The number of sulfonamides is 1. The number of anilines is 1. The summed E-state index contributed by atoms with van der Waals surface area (Å²) in [6, 6.07) is 3.56. The molecule has 0 aliphatic carbocycles. The molecule has 3 rings (SSSR count). The summed E-state index contributed by atoms with van der Waals surface area (Å²) in [7, 11) is -2.99. The number of methoxy groups -OCH3 is 1. The molecule has 1 N–H and O–H groups in total. The van der Waals surface area contributed by atoms with Crippen LogP contribution in [0.4, 0.5) is 18.9 Å². The first-order chi connectivity index (χ1) is 14.5. The van der Waals surface area contributed by atoms with E-state index in [4.69, 9.17) is 4.74 Å². The molecule has 11 heteroatoms. The molecule has 31 heavy (non-hydrogen) atoms. The van der Waals surface area contributed by atoms with E-state index in [9.17, 15) is 17.2 Å². The van der Waals surface area contributed by atoms with Gasteiger partial charge in [-0.1, -0.05) is 13.8 Å². The molecule has 166 valence electrons. The van der Waals surface area contributed by atoms with Gasteiger partial charge >= 0.3 is 0 Å². The molecule has 0 fully saturated rings. The van der Waals surface area contributed by atoms with Crippen LogP contribution >= 0.6 is 11.3 Å². The Morgan fingerprint density at radius 1 is 1.19 bits per heavy atom. The van der Waals surface area contributed by atoms with Crippen LogP contribution in [0.2, 0.25) is 0 Å². The maximum Gasteiger partial charge on any atom is 0.230 e. The normalized spacial score (nSPS) is 11.7. The zero-order chi connectivity index (χ0) is 22.9. The van der Waals surface area contributed by atoms with Crippen LogP contribution in [0.1, 0.15) is 19.5 Å². The fraction of sp³-hybridized carbons (Fsp3) is 0.300. The Morgan fingerprint density at radius 2 is 1.90 bits per heavy atom. The molecule has 0 radical (unpaired) electrons. The lowest BCUT2D eigenvalue weighted by Gasteiger charge is -2.15. The van der Waals surface area contributed by atoms with E-state index in [0.717, 1.165) is 36.8 Å². The first-order valence-electron chi connectivity index (χ1n) is 9.15. The lowest BCUT2D eigenvalue weighted by Crippen LogP contribution is -2.14. The molecule has 0 amide bonds. The summed E-state index contributed by atoms with van der Waals surface area (Å²) in [5.41, 5.74) is -0.254. The highest BCUT2D eigenvalue weighted by atomic mass is 32.2. The van der Waals surface area contributed by atoms with Gasteiger partial charge in [-0.25, -0.2) is 26.6 Å². The Kier molecular flexibility index (Phi) is 6.56. The van der Waals surface area contributed by atoms with E-state index in [2.05, 4.69) is 23.8 Å². The first kappa shape index (κ1) is 23.0. The van der Waals surface area contributed by atoms with Crippen molar-refractivity contribution in [1.29, 1.82) is 0 Å². The van der Waals surface area contributed by atoms with Crippen molar-refractivity contribution < 1.29 is 26.3 Å². The lowest BCUT2D eigenvalue weighted by molar-refractivity contribution is 0.381. The SMILES string of the molecule is COc1c(F)c(-c2csc(-c3ccnc(CC(C)C)c3)n2)c(F)c(F)c1NS(C)(=O)=O. The smallest absolute Gasteiger partial charge is 0.230 e. The minimum absolute atomic E-state index is 0.139. The summed E-state index contributed by atoms with van der Waals surface area (Å²) in [5, 5.41) is 1.86. The Hall–Kier alpha value is -2.66. The highest BCUT2D eigenvalue weighted by molar-refractivity contribution is 7.92. The number of thiazole rings is 1. The summed E-state index contributed by atoms with van der Waals surface area (Å²) in [6.45, 7) is 4.12. The predicted molar refractivity (Wildman–Crippen MR) is 114 cm³/mol. The number of nitrogens with one attached hydrogen (secondary N) is 1. The van der Waals surface area contributed by atoms with Gasteiger partial charge in [0.05, 0.1) is 24.6 Å². The molecule has 0 saturated carbocycles. The Bertz CT molecular complexity index is 1230. The maximum absolute atomic E-state index is 15.0. The predicted octanol–water partition coefficient (Wildman–Crippen LogP) is 4.87.